The molecule has 0 bridgehead atoms. The highest BCUT2D eigenvalue weighted by atomic mass is 127. The number of methoxy groups -OCH3 is 1. The van der Waals surface area contributed by atoms with E-state index in [4.69, 9.17) is 33.3 Å². The number of thiocarbonyl (C=S) groups is 1. The number of carbonyl (C=O) groups excluding carboxylic acids is 1. The minimum Gasteiger partial charge on any atom is -0.493 e. The molecule has 1 aliphatic heterocycles. The molecule has 0 aliphatic carbocycles. The minimum atomic E-state index is -0.329. The second kappa shape index (κ2) is 10.4. The number of halogens is 3. The second-order valence-electron chi connectivity index (χ2n) is 6.91. The molecule has 0 unspecified atom stereocenters. The Balaban J connectivity index is 1.59. The third-order valence-corrected chi connectivity index (χ3v) is 7.08. The van der Waals surface area contributed by atoms with Crippen LogP contribution >= 0.6 is 58.2 Å². The van der Waals surface area contributed by atoms with Gasteiger partial charge in [0.2, 0.25) is 0 Å². The van der Waals surface area contributed by atoms with Crippen LogP contribution in [0.15, 0.2) is 65.6 Å². The van der Waals surface area contributed by atoms with Crippen LogP contribution in [0.4, 0.5) is 10.1 Å². The molecule has 0 spiro atoms. The molecule has 4 rings (SSSR count). The predicted molar refractivity (Wildman–Crippen MR) is 144 cm³/mol. The van der Waals surface area contributed by atoms with Crippen LogP contribution in [0.25, 0.3) is 6.08 Å². The fraction of sp³-hybridized carbons (Fsp3) is 0.0833. The Morgan fingerprint density at radius 1 is 1.18 bits per heavy atom. The minimum absolute atomic E-state index is 0.0661. The predicted octanol–water partition coefficient (Wildman–Crippen LogP) is 7.08. The van der Waals surface area contributed by atoms with Crippen molar-refractivity contribution in [1.29, 1.82) is 0 Å². The first kappa shape index (κ1) is 24.0. The maximum atomic E-state index is 13.9. The van der Waals surface area contributed by atoms with Crippen molar-refractivity contribution in [3.63, 3.8) is 0 Å². The third-order valence-electron chi connectivity index (χ3n) is 4.74. The molecule has 4 nitrogen and oxygen atoms in total. The Morgan fingerprint density at radius 3 is 2.70 bits per heavy atom. The molecule has 1 aliphatic rings. The highest BCUT2D eigenvalue weighted by Crippen LogP contribution is 2.39. The number of amides is 1. The second-order valence-corrected chi connectivity index (χ2v) is 10.2. The number of carbonyl (C=O) groups is 1. The fourth-order valence-electron chi connectivity index (χ4n) is 3.19. The number of hydrogen-bond acceptors (Lipinski definition) is 5. The van der Waals surface area contributed by atoms with E-state index in [0.29, 0.717) is 37.0 Å². The van der Waals surface area contributed by atoms with E-state index in [2.05, 4.69) is 22.6 Å². The van der Waals surface area contributed by atoms with Gasteiger partial charge in [-0.2, -0.15) is 0 Å². The molecule has 0 saturated carbocycles. The first-order valence-corrected chi connectivity index (χ1v) is 12.3. The van der Waals surface area contributed by atoms with Crippen molar-refractivity contribution < 1.29 is 18.7 Å². The van der Waals surface area contributed by atoms with Gasteiger partial charge in [-0.15, -0.1) is 0 Å². The summed E-state index contributed by atoms with van der Waals surface area (Å²) in [5, 5.41) is 0.524. The van der Waals surface area contributed by atoms with E-state index in [9.17, 15) is 9.18 Å². The Bertz CT molecular complexity index is 1280. The topological polar surface area (TPSA) is 38.8 Å². The first-order chi connectivity index (χ1) is 15.9. The molecule has 1 fully saturated rings. The van der Waals surface area contributed by atoms with Crippen LogP contribution in [-0.2, 0) is 11.4 Å². The maximum absolute atomic E-state index is 13.9. The molecule has 1 amide bonds. The zero-order valence-corrected chi connectivity index (χ0v) is 21.7. The summed E-state index contributed by atoms with van der Waals surface area (Å²) in [5.74, 6) is 0.436. The number of ether oxygens (including phenoxy) is 2. The largest absolute Gasteiger partial charge is 0.493 e. The number of anilines is 1. The van der Waals surface area contributed by atoms with Gasteiger partial charge in [-0.1, -0.05) is 59.8 Å². The molecular formula is C24H16ClFINO3S2. The molecule has 1 saturated heterocycles. The van der Waals surface area contributed by atoms with Crippen molar-refractivity contribution in [3.8, 4) is 11.5 Å². The van der Waals surface area contributed by atoms with Gasteiger partial charge < -0.3 is 9.47 Å². The SMILES string of the molecule is COc1cc(/C=C2\SC(=S)N(c3cccc(Cl)c3)C2=O)cc(I)c1OCc1ccccc1F. The van der Waals surface area contributed by atoms with E-state index in [1.807, 2.05) is 6.07 Å². The molecule has 0 aromatic heterocycles. The fourth-order valence-corrected chi connectivity index (χ4v) is 5.45. The Hall–Kier alpha value is -2.14. The van der Waals surface area contributed by atoms with Gasteiger partial charge in [0.15, 0.2) is 15.8 Å². The molecule has 0 N–H and O–H groups in total. The third kappa shape index (κ3) is 5.34. The Labute approximate surface area is 218 Å². The van der Waals surface area contributed by atoms with Gasteiger partial charge in [0, 0.05) is 10.6 Å². The van der Waals surface area contributed by atoms with Crippen molar-refractivity contribution in [1.82, 2.24) is 0 Å². The van der Waals surface area contributed by atoms with Gasteiger partial charge in [-0.3, -0.25) is 9.69 Å². The van der Waals surface area contributed by atoms with Gasteiger partial charge in [0.25, 0.3) is 5.91 Å². The summed E-state index contributed by atoms with van der Waals surface area (Å²) in [6.45, 7) is 0.0661. The molecule has 3 aromatic carbocycles. The molecule has 1 heterocycles. The molecule has 0 radical (unpaired) electrons. The summed E-state index contributed by atoms with van der Waals surface area (Å²) in [7, 11) is 1.53. The Morgan fingerprint density at radius 2 is 1.97 bits per heavy atom. The summed E-state index contributed by atoms with van der Waals surface area (Å²) >= 11 is 14.9. The van der Waals surface area contributed by atoms with Crippen LogP contribution in [0.5, 0.6) is 11.5 Å². The zero-order chi connectivity index (χ0) is 23.5. The summed E-state index contributed by atoms with van der Waals surface area (Å²) < 4.78 is 26.5. The van der Waals surface area contributed by atoms with E-state index < -0.39 is 0 Å². The van der Waals surface area contributed by atoms with Crippen molar-refractivity contribution in [2.75, 3.05) is 12.0 Å². The summed E-state index contributed by atoms with van der Waals surface area (Å²) in [5.41, 5.74) is 1.82. The normalized spacial score (nSPS) is 14.8. The van der Waals surface area contributed by atoms with E-state index in [0.717, 1.165) is 9.13 Å². The highest BCUT2D eigenvalue weighted by molar-refractivity contribution is 14.1. The van der Waals surface area contributed by atoms with Crippen LogP contribution in [0, 0.1) is 9.39 Å². The number of thioether (sulfide) groups is 1. The molecule has 9 heteroatoms. The lowest BCUT2D eigenvalue weighted by Gasteiger charge is -2.15. The van der Waals surface area contributed by atoms with E-state index in [1.54, 1.807) is 54.6 Å². The van der Waals surface area contributed by atoms with Gasteiger partial charge in [0.1, 0.15) is 12.4 Å². The molecule has 33 heavy (non-hydrogen) atoms. The zero-order valence-electron chi connectivity index (χ0n) is 17.2. The van der Waals surface area contributed by atoms with E-state index in [-0.39, 0.29) is 18.3 Å². The van der Waals surface area contributed by atoms with Gasteiger partial charge in [-0.05, 0) is 70.6 Å². The Kier molecular flexibility index (Phi) is 7.58. The van der Waals surface area contributed by atoms with Crippen molar-refractivity contribution in [3.05, 3.63) is 91.1 Å². The van der Waals surface area contributed by atoms with E-state index >= 15 is 0 Å². The van der Waals surface area contributed by atoms with E-state index in [1.165, 1.54) is 29.8 Å². The molecular weight excluding hydrogens is 596 g/mol. The summed E-state index contributed by atoms with van der Waals surface area (Å²) in [6, 6.07) is 17.1. The smallest absolute Gasteiger partial charge is 0.270 e. The number of nitrogens with zero attached hydrogens (tertiary/aromatic N) is 1. The standard InChI is InChI=1S/C24H16ClFINO3S2/c1-30-20-10-14(9-19(27)22(20)31-13-15-5-2-3-8-18(15)26)11-21-23(29)28(24(32)33-21)17-7-4-6-16(25)12-17/h2-12H,13H2,1H3/b21-11-. The van der Waals surface area contributed by atoms with Crippen molar-refractivity contribution in [2.45, 2.75) is 6.61 Å². The van der Waals surface area contributed by atoms with Crippen LogP contribution in [-0.4, -0.2) is 17.3 Å². The monoisotopic (exact) mass is 611 g/mol. The summed E-state index contributed by atoms with van der Waals surface area (Å²) in [4.78, 5) is 15.0. The van der Waals surface area contributed by atoms with Gasteiger partial charge in [0.05, 0.1) is 21.3 Å². The van der Waals surface area contributed by atoms with Gasteiger partial charge in [-0.25, -0.2) is 4.39 Å². The highest BCUT2D eigenvalue weighted by Gasteiger charge is 2.33. The molecule has 0 atom stereocenters. The van der Waals surface area contributed by atoms with Crippen LogP contribution < -0.4 is 14.4 Å². The summed E-state index contributed by atoms with van der Waals surface area (Å²) in [6.07, 6.45) is 1.76. The van der Waals surface area contributed by atoms with Crippen molar-refractivity contribution in [2.24, 2.45) is 0 Å². The lowest BCUT2D eigenvalue weighted by Crippen LogP contribution is -2.27. The first-order valence-electron chi connectivity index (χ1n) is 9.64. The molecule has 3 aromatic rings. The van der Waals surface area contributed by atoms with Gasteiger partial charge >= 0.3 is 0 Å². The number of hydrogen-bond donors (Lipinski definition) is 0. The maximum Gasteiger partial charge on any atom is 0.270 e. The number of benzene rings is 3. The van der Waals surface area contributed by atoms with Crippen LogP contribution in [0.1, 0.15) is 11.1 Å². The lowest BCUT2D eigenvalue weighted by molar-refractivity contribution is -0.113. The quantitative estimate of drug-likeness (QED) is 0.169. The lowest BCUT2D eigenvalue weighted by atomic mass is 10.1. The van der Waals surface area contributed by atoms with Crippen molar-refractivity contribution >= 4 is 80.2 Å². The average molecular weight is 612 g/mol. The van der Waals surface area contributed by atoms with Crippen LogP contribution in [0.3, 0.4) is 0 Å². The van der Waals surface area contributed by atoms with Crippen LogP contribution in [0.2, 0.25) is 5.02 Å². The number of rotatable bonds is 6. The molecule has 168 valence electrons. The average Bonchev–Trinajstić information content (AvgIpc) is 3.06.